The van der Waals surface area contributed by atoms with Crippen LogP contribution in [-0.4, -0.2) is 37.5 Å². The lowest BCUT2D eigenvalue weighted by atomic mass is 10.1. The molecule has 0 saturated heterocycles. The highest BCUT2D eigenvalue weighted by Gasteiger charge is 2.19. The molecule has 34 heavy (non-hydrogen) atoms. The van der Waals surface area contributed by atoms with Crippen LogP contribution in [0.25, 0.3) is 16.6 Å². The Morgan fingerprint density at radius 1 is 1.06 bits per heavy atom. The number of carbonyl (C=O) groups is 2. The maximum Gasteiger partial charge on any atom is 0.234 e. The van der Waals surface area contributed by atoms with E-state index in [4.69, 9.17) is 0 Å². The minimum absolute atomic E-state index is 0.0871. The first-order valence-electron chi connectivity index (χ1n) is 10.6. The monoisotopic (exact) mass is 478 g/mol. The molecule has 0 spiro atoms. The summed E-state index contributed by atoms with van der Waals surface area (Å²) in [5.74, 6) is -0.551. The first-order valence-corrected chi connectivity index (χ1v) is 11.6. The minimum Gasteiger partial charge on any atom is -0.326 e. The van der Waals surface area contributed by atoms with Crippen LogP contribution in [0.2, 0.25) is 0 Å². The zero-order chi connectivity index (χ0) is 24.2. The summed E-state index contributed by atoms with van der Waals surface area (Å²) >= 11 is 1.24. The lowest BCUT2D eigenvalue weighted by Gasteiger charge is -2.11. The SMILES string of the molecule is CC(=O)Nc1cccc(NC(=O)CSc2nnc(C(C)C)c3cnn(-c4ccc(F)cc4)c23)c1. The Bertz CT molecular complexity index is 1350. The predicted molar refractivity (Wildman–Crippen MR) is 131 cm³/mol. The smallest absolute Gasteiger partial charge is 0.234 e. The van der Waals surface area contributed by atoms with E-state index >= 15 is 0 Å². The molecule has 10 heteroatoms. The highest BCUT2D eigenvalue weighted by molar-refractivity contribution is 8.00. The van der Waals surface area contributed by atoms with Crippen molar-refractivity contribution in [3.63, 3.8) is 0 Å². The fourth-order valence-corrected chi connectivity index (χ4v) is 4.22. The Morgan fingerprint density at radius 2 is 1.76 bits per heavy atom. The topological polar surface area (TPSA) is 102 Å². The minimum atomic E-state index is -0.336. The number of thioether (sulfide) groups is 1. The summed E-state index contributed by atoms with van der Waals surface area (Å²) in [6.45, 7) is 5.47. The van der Waals surface area contributed by atoms with Gasteiger partial charge in [-0.15, -0.1) is 5.10 Å². The van der Waals surface area contributed by atoms with Crippen LogP contribution >= 0.6 is 11.8 Å². The van der Waals surface area contributed by atoms with Gasteiger partial charge < -0.3 is 10.6 Å². The molecule has 0 saturated carbocycles. The highest BCUT2D eigenvalue weighted by atomic mass is 32.2. The molecule has 0 aliphatic carbocycles. The molecule has 0 unspecified atom stereocenters. The standard InChI is InChI=1S/C24H23FN6O2S/c1-14(2)22-20-12-26-31(19-9-7-16(25)8-10-19)23(20)24(30-29-22)34-13-21(33)28-18-6-4-5-17(11-18)27-15(3)32/h4-12,14H,13H2,1-3H3,(H,27,32)(H,28,33). The molecule has 4 aromatic rings. The van der Waals surface area contributed by atoms with Gasteiger partial charge in [-0.1, -0.05) is 31.7 Å². The molecule has 2 heterocycles. The summed E-state index contributed by atoms with van der Waals surface area (Å²) in [6, 6.07) is 12.9. The molecule has 0 bridgehead atoms. The van der Waals surface area contributed by atoms with Crippen LogP contribution in [0.15, 0.2) is 59.8 Å². The second-order valence-electron chi connectivity index (χ2n) is 7.94. The van der Waals surface area contributed by atoms with Crippen molar-refractivity contribution in [3.8, 4) is 5.69 Å². The normalized spacial score (nSPS) is 11.1. The Balaban J connectivity index is 1.58. The lowest BCUT2D eigenvalue weighted by Crippen LogP contribution is -2.15. The summed E-state index contributed by atoms with van der Waals surface area (Å²) in [4.78, 5) is 23.9. The van der Waals surface area contributed by atoms with Gasteiger partial charge in [0.05, 0.1) is 23.3 Å². The second-order valence-corrected chi connectivity index (χ2v) is 8.90. The Morgan fingerprint density at radius 3 is 2.44 bits per heavy atom. The van der Waals surface area contributed by atoms with Crippen molar-refractivity contribution in [1.82, 2.24) is 20.0 Å². The van der Waals surface area contributed by atoms with Crippen molar-refractivity contribution in [2.75, 3.05) is 16.4 Å². The number of halogens is 1. The third-order valence-corrected chi connectivity index (χ3v) is 5.88. The molecule has 2 aromatic carbocycles. The molecule has 0 atom stereocenters. The third kappa shape index (κ3) is 5.23. The number of hydrogen-bond donors (Lipinski definition) is 2. The summed E-state index contributed by atoms with van der Waals surface area (Å²) in [7, 11) is 0. The zero-order valence-electron chi connectivity index (χ0n) is 18.9. The zero-order valence-corrected chi connectivity index (χ0v) is 19.7. The molecule has 0 fully saturated rings. The van der Waals surface area contributed by atoms with Crippen LogP contribution in [0.1, 0.15) is 32.4 Å². The van der Waals surface area contributed by atoms with Gasteiger partial charge in [-0.3, -0.25) is 9.59 Å². The van der Waals surface area contributed by atoms with Crippen LogP contribution in [0.3, 0.4) is 0 Å². The molecule has 0 aliphatic heterocycles. The van der Waals surface area contributed by atoms with Gasteiger partial charge in [-0.05, 0) is 48.4 Å². The molecule has 8 nitrogen and oxygen atoms in total. The maximum atomic E-state index is 13.4. The van der Waals surface area contributed by atoms with Crippen LogP contribution in [0.4, 0.5) is 15.8 Å². The number of nitrogens with one attached hydrogen (secondary N) is 2. The number of amides is 2. The van der Waals surface area contributed by atoms with Crippen molar-refractivity contribution in [2.45, 2.75) is 31.7 Å². The Labute approximate surface area is 200 Å². The number of anilines is 2. The molecule has 2 amide bonds. The van der Waals surface area contributed by atoms with E-state index < -0.39 is 0 Å². The van der Waals surface area contributed by atoms with Crippen LogP contribution < -0.4 is 10.6 Å². The molecular formula is C24H23FN6O2S. The van der Waals surface area contributed by atoms with Crippen LogP contribution in [-0.2, 0) is 9.59 Å². The van der Waals surface area contributed by atoms with E-state index in [1.54, 1.807) is 47.3 Å². The van der Waals surface area contributed by atoms with Gasteiger partial charge in [0, 0.05) is 23.7 Å². The fourth-order valence-electron chi connectivity index (χ4n) is 3.45. The van der Waals surface area contributed by atoms with Crippen molar-refractivity contribution < 1.29 is 14.0 Å². The van der Waals surface area contributed by atoms with E-state index in [9.17, 15) is 14.0 Å². The Kier molecular flexibility index (Phi) is 6.87. The average Bonchev–Trinajstić information content (AvgIpc) is 3.23. The molecule has 0 radical (unpaired) electrons. The van der Waals surface area contributed by atoms with Gasteiger partial charge >= 0.3 is 0 Å². The van der Waals surface area contributed by atoms with Crippen LogP contribution in [0, 0.1) is 5.82 Å². The van der Waals surface area contributed by atoms with E-state index in [0.717, 1.165) is 16.6 Å². The van der Waals surface area contributed by atoms with Gasteiger partial charge in [-0.2, -0.15) is 10.2 Å². The lowest BCUT2D eigenvalue weighted by molar-refractivity contribution is -0.114. The highest BCUT2D eigenvalue weighted by Crippen LogP contribution is 2.31. The number of aromatic nitrogens is 4. The van der Waals surface area contributed by atoms with E-state index in [1.165, 1.54) is 30.8 Å². The average molecular weight is 479 g/mol. The number of hydrogen-bond acceptors (Lipinski definition) is 6. The summed E-state index contributed by atoms with van der Waals surface area (Å²) in [6.07, 6.45) is 1.72. The van der Waals surface area contributed by atoms with Crippen molar-refractivity contribution in [1.29, 1.82) is 0 Å². The van der Waals surface area contributed by atoms with Gasteiger partial charge in [0.1, 0.15) is 16.4 Å². The number of fused-ring (bicyclic) bond motifs is 1. The van der Waals surface area contributed by atoms with E-state index in [-0.39, 0.29) is 29.3 Å². The van der Waals surface area contributed by atoms with Gasteiger partial charge in [-0.25, -0.2) is 9.07 Å². The van der Waals surface area contributed by atoms with Gasteiger partial charge in [0.25, 0.3) is 0 Å². The van der Waals surface area contributed by atoms with Crippen molar-refractivity contribution >= 4 is 45.9 Å². The fraction of sp³-hybridized carbons (Fsp3) is 0.208. The second kappa shape index (κ2) is 10.0. The molecule has 4 rings (SSSR count). The van der Waals surface area contributed by atoms with Gasteiger partial charge in [0.15, 0.2) is 0 Å². The van der Waals surface area contributed by atoms with E-state index in [2.05, 4.69) is 25.9 Å². The molecule has 2 aromatic heterocycles. The van der Waals surface area contributed by atoms with E-state index in [0.29, 0.717) is 22.1 Å². The van der Waals surface area contributed by atoms with Crippen molar-refractivity contribution in [3.05, 3.63) is 66.2 Å². The summed E-state index contributed by atoms with van der Waals surface area (Å²) < 4.78 is 15.1. The molecular weight excluding hydrogens is 455 g/mol. The van der Waals surface area contributed by atoms with E-state index in [1.807, 2.05) is 13.8 Å². The number of benzene rings is 2. The number of nitrogens with zero attached hydrogens (tertiary/aromatic N) is 4. The first-order chi connectivity index (χ1) is 16.3. The van der Waals surface area contributed by atoms with Crippen molar-refractivity contribution in [2.24, 2.45) is 0 Å². The molecule has 174 valence electrons. The van der Waals surface area contributed by atoms with Crippen LogP contribution in [0.5, 0.6) is 0 Å². The number of carbonyl (C=O) groups excluding carboxylic acids is 2. The summed E-state index contributed by atoms with van der Waals surface area (Å²) in [5.41, 5.74) is 3.36. The largest absolute Gasteiger partial charge is 0.326 e. The maximum absolute atomic E-state index is 13.4. The summed E-state index contributed by atoms with van der Waals surface area (Å²) in [5, 5.41) is 20.1. The van der Waals surface area contributed by atoms with Gasteiger partial charge in [0.2, 0.25) is 11.8 Å². The predicted octanol–water partition coefficient (Wildman–Crippen LogP) is 4.77. The quantitative estimate of drug-likeness (QED) is 0.371. The number of rotatable bonds is 7. The molecule has 2 N–H and O–H groups in total. The third-order valence-electron chi connectivity index (χ3n) is 4.92. The first kappa shape index (κ1) is 23.4. The Hall–Kier alpha value is -3.79. The molecule has 0 aliphatic rings.